The Labute approximate surface area is 162 Å². The van der Waals surface area contributed by atoms with Gasteiger partial charge < -0.3 is 20.1 Å². The third kappa shape index (κ3) is 5.76. The molecule has 0 unspecified atom stereocenters. The van der Waals surface area contributed by atoms with Gasteiger partial charge in [0.2, 0.25) is 0 Å². The predicted octanol–water partition coefficient (Wildman–Crippen LogP) is 2.07. The molecular formula is C19H30ClN3O3. The number of hydrogen-bond acceptors (Lipinski definition) is 5. The van der Waals surface area contributed by atoms with Crippen molar-refractivity contribution < 1.29 is 14.3 Å². The van der Waals surface area contributed by atoms with E-state index in [0.717, 1.165) is 51.3 Å². The molecule has 0 radical (unpaired) electrons. The molecule has 1 amide bonds. The standard InChI is InChI=1S/C19H29N3O3.ClH/c1-24-18-14-15(6-7-17(18)25-16-4-2-3-5-16)19(23)21-10-13-22-11-8-20-9-12-22;/h6-7,14,16,20H,2-5,8-13H2,1H3,(H,21,23);1H. The molecule has 1 aromatic rings. The van der Waals surface area contributed by atoms with Crippen LogP contribution in [-0.2, 0) is 0 Å². The van der Waals surface area contributed by atoms with Crippen LogP contribution < -0.4 is 20.1 Å². The summed E-state index contributed by atoms with van der Waals surface area (Å²) in [6.45, 7) is 5.66. The number of rotatable bonds is 7. The summed E-state index contributed by atoms with van der Waals surface area (Å²) < 4.78 is 11.4. The van der Waals surface area contributed by atoms with Gasteiger partial charge in [0.15, 0.2) is 11.5 Å². The Morgan fingerprint density at radius 3 is 2.65 bits per heavy atom. The summed E-state index contributed by atoms with van der Waals surface area (Å²) in [5.74, 6) is 1.29. The van der Waals surface area contributed by atoms with Crippen LogP contribution in [0.2, 0.25) is 0 Å². The number of piperazine rings is 1. The fraction of sp³-hybridized carbons (Fsp3) is 0.632. The number of methoxy groups -OCH3 is 1. The van der Waals surface area contributed by atoms with Crippen molar-refractivity contribution in [2.45, 2.75) is 31.8 Å². The van der Waals surface area contributed by atoms with Crippen LogP contribution in [0.3, 0.4) is 0 Å². The van der Waals surface area contributed by atoms with E-state index in [2.05, 4.69) is 15.5 Å². The topological polar surface area (TPSA) is 62.8 Å². The molecule has 1 aliphatic heterocycles. The Kier molecular flexibility index (Phi) is 8.48. The molecule has 0 aromatic heterocycles. The second-order valence-corrected chi connectivity index (χ2v) is 6.74. The summed E-state index contributed by atoms with van der Waals surface area (Å²) in [6, 6.07) is 5.43. The number of amides is 1. The maximum absolute atomic E-state index is 12.4. The highest BCUT2D eigenvalue weighted by molar-refractivity contribution is 5.94. The fourth-order valence-corrected chi connectivity index (χ4v) is 3.46. The van der Waals surface area contributed by atoms with E-state index in [-0.39, 0.29) is 24.4 Å². The normalized spacial score (nSPS) is 18.2. The van der Waals surface area contributed by atoms with E-state index in [4.69, 9.17) is 9.47 Å². The average molecular weight is 384 g/mol. The Hall–Kier alpha value is -1.50. The quantitative estimate of drug-likeness (QED) is 0.754. The van der Waals surface area contributed by atoms with Crippen LogP contribution in [0, 0.1) is 0 Å². The number of carbonyl (C=O) groups excluding carboxylic acids is 1. The third-order valence-electron chi connectivity index (χ3n) is 4.94. The number of benzene rings is 1. The van der Waals surface area contributed by atoms with Gasteiger partial charge in [-0.2, -0.15) is 0 Å². The highest BCUT2D eigenvalue weighted by Crippen LogP contribution is 2.32. The highest BCUT2D eigenvalue weighted by atomic mass is 35.5. The SMILES string of the molecule is COc1cc(C(=O)NCCN2CCNCC2)ccc1OC1CCCC1.Cl. The zero-order valence-electron chi connectivity index (χ0n) is 15.5. The molecule has 2 N–H and O–H groups in total. The Bertz CT molecular complexity index is 573. The van der Waals surface area contributed by atoms with E-state index >= 15 is 0 Å². The van der Waals surface area contributed by atoms with Gasteiger partial charge in [0.05, 0.1) is 13.2 Å². The second-order valence-electron chi connectivity index (χ2n) is 6.74. The van der Waals surface area contributed by atoms with Crippen molar-refractivity contribution in [2.75, 3.05) is 46.4 Å². The van der Waals surface area contributed by atoms with Crippen LogP contribution in [-0.4, -0.2) is 63.3 Å². The van der Waals surface area contributed by atoms with Crippen LogP contribution in [0.25, 0.3) is 0 Å². The summed E-state index contributed by atoms with van der Waals surface area (Å²) in [5.41, 5.74) is 0.607. The van der Waals surface area contributed by atoms with Gasteiger partial charge in [0.1, 0.15) is 0 Å². The zero-order valence-corrected chi connectivity index (χ0v) is 16.3. The van der Waals surface area contributed by atoms with Crippen molar-refractivity contribution >= 4 is 18.3 Å². The minimum Gasteiger partial charge on any atom is -0.493 e. The Balaban J connectivity index is 0.00000243. The molecule has 1 aliphatic carbocycles. The first-order chi connectivity index (χ1) is 12.3. The molecule has 146 valence electrons. The summed E-state index contributed by atoms with van der Waals surface area (Å²) >= 11 is 0. The van der Waals surface area contributed by atoms with E-state index in [1.807, 2.05) is 12.1 Å². The summed E-state index contributed by atoms with van der Waals surface area (Å²) in [7, 11) is 1.61. The lowest BCUT2D eigenvalue weighted by Gasteiger charge is -2.27. The van der Waals surface area contributed by atoms with Gasteiger partial charge in [-0.05, 0) is 43.9 Å². The smallest absolute Gasteiger partial charge is 0.251 e. The largest absolute Gasteiger partial charge is 0.493 e. The molecule has 7 heteroatoms. The second kappa shape index (κ2) is 10.6. The number of hydrogen-bond donors (Lipinski definition) is 2. The Morgan fingerprint density at radius 1 is 1.23 bits per heavy atom. The minimum absolute atomic E-state index is 0. The van der Waals surface area contributed by atoms with E-state index in [1.54, 1.807) is 13.2 Å². The lowest BCUT2D eigenvalue weighted by atomic mass is 10.2. The van der Waals surface area contributed by atoms with Crippen molar-refractivity contribution in [3.05, 3.63) is 23.8 Å². The third-order valence-corrected chi connectivity index (χ3v) is 4.94. The fourth-order valence-electron chi connectivity index (χ4n) is 3.46. The summed E-state index contributed by atoms with van der Waals surface area (Å²) in [6.07, 6.45) is 4.91. The van der Waals surface area contributed by atoms with Gasteiger partial charge in [-0.3, -0.25) is 9.69 Å². The van der Waals surface area contributed by atoms with Gasteiger partial charge in [-0.25, -0.2) is 0 Å². The zero-order chi connectivity index (χ0) is 17.5. The highest BCUT2D eigenvalue weighted by Gasteiger charge is 2.19. The molecule has 1 aromatic carbocycles. The lowest BCUT2D eigenvalue weighted by Crippen LogP contribution is -2.46. The predicted molar refractivity (Wildman–Crippen MR) is 105 cm³/mol. The summed E-state index contributed by atoms with van der Waals surface area (Å²) in [4.78, 5) is 14.7. The van der Waals surface area contributed by atoms with Gasteiger partial charge in [-0.15, -0.1) is 12.4 Å². The number of nitrogens with one attached hydrogen (secondary N) is 2. The van der Waals surface area contributed by atoms with Crippen molar-refractivity contribution in [1.82, 2.24) is 15.5 Å². The molecule has 1 saturated heterocycles. The van der Waals surface area contributed by atoms with Crippen molar-refractivity contribution in [3.8, 4) is 11.5 Å². The van der Waals surface area contributed by atoms with Crippen molar-refractivity contribution in [3.63, 3.8) is 0 Å². The van der Waals surface area contributed by atoms with Gasteiger partial charge in [0, 0.05) is 44.8 Å². The maximum Gasteiger partial charge on any atom is 0.251 e. The number of ether oxygens (including phenoxy) is 2. The molecule has 0 atom stereocenters. The van der Waals surface area contributed by atoms with Gasteiger partial charge >= 0.3 is 0 Å². The van der Waals surface area contributed by atoms with Gasteiger partial charge in [-0.1, -0.05) is 0 Å². The number of nitrogens with zero attached hydrogens (tertiary/aromatic N) is 1. The first-order valence-corrected chi connectivity index (χ1v) is 9.32. The summed E-state index contributed by atoms with van der Waals surface area (Å²) in [5, 5.41) is 6.32. The van der Waals surface area contributed by atoms with E-state index < -0.39 is 0 Å². The van der Waals surface area contributed by atoms with E-state index in [9.17, 15) is 4.79 Å². The minimum atomic E-state index is -0.0687. The molecule has 0 bridgehead atoms. The van der Waals surface area contributed by atoms with Crippen molar-refractivity contribution in [1.29, 1.82) is 0 Å². The first-order valence-electron chi connectivity index (χ1n) is 9.32. The van der Waals surface area contributed by atoms with E-state index in [0.29, 0.717) is 17.9 Å². The molecule has 6 nitrogen and oxygen atoms in total. The maximum atomic E-state index is 12.4. The van der Waals surface area contributed by atoms with Crippen LogP contribution in [0.4, 0.5) is 0 Å². The molecule has 2 fully saturated rings. The lowest BCUT2D eigenvalue weighted by molar-refractivity contribution is 0.0947. The van der Waals surface area contributed by atoms with Crippen LogP contribution >= 0.6 is 12.4 Å². The molecule has 3 rings (SSSR count). The monoisotopic (exact) mass is 383 g/mol. The molecule has 1 saturated carbocycles. The number of carbonyl (C=O) groups is 1. The first kappa shape index (κ1) is 20.8. The van der Waals surface area contributed by atoms with Gasteiger partial charge in [0.25, 0.3) is 5.91 Å². The molecule has 0 spiro atoms. The molecule has 2 aliphatic rings. The molecule has 26 heavy (non-hydrogen) atoms. The van der Waals surface area contributed by atoms with Crippen LogP contribution in [0.1, 0.15) is 36.0 Å². The van der Waals surface area contributed by atoms with Crippen LogP contribution in [0.15, 0.2) is 18.2 Å². The molecule has 1 heterocycles. The van der Waals surface area contributed by atoms with Crippen LogP contribution in [0.5, 0.6) is 11.5 Å². The molecular weight excluding hydrogens is 354 g/mol. The Morgan fingerprint density at radius 2 is 1.96 bits per heavy atom. The van der Waals surface area contributed by atoms with Crippen molar-refractivity contribution in [2.24, 2.45) is 0 Å². The number of halogens is 1. The van der Waals surface area contributed by atoms with E-state index in [1.165, 1.54) is 12.8 Å². The average Bonchev–Trinajstić information content (AvgIpc) is 3.16.